The van der Waals surface area contributed by atoms with E-state index in [0.29, 0.717) is 19.6 Å². The monoisotopic (exact) mass is 560 g/mol. The fourth-order valence-corrected chi connectivity index (χ4v) is 5.10. The third kappa shape index (κ3) is 6.45. The van der Waals surface area contributed by atoms with Crippen LogP contribution in [0.4, 0.5) is 0 Å². The smallest absolute Gasteiger partial charge is 0.193 e. The van der Waals surface area contributed by atoms with Gasteiger partial charge >= 0.3 is 0 Å². The van der Waals surface area contributed by atoms with E-state index >= 15 is 0 Å². The highest BCUT2D eigenvalue weighted by atomic mass is 127. The van der Waals surface area contributed by atoms with Crippen LogP contribution >= 0.6 is 24.0 Å². The van der Waals surface area contributed by atoms with E-state index in [2.05, 4.69) is 34.4 Å². The highest BCUT2D eigenvalue weighted by molar-refractivity contribution is 14.0. The minimum atomic E-state index is -3.08. The molecule has 0 amide bonds. The molecule has 0 bridgehead atoms. The molecule has 3 rings (SSSR count). The summed E-state index contributed by atoms with van der Waals surface area (Å²) < 4.78 is 29.3. The normalized spacial score (nSPS) is 18.0. The first-order valence-corrected chi connectivity index (χ1v) is 11.8. The number of furan rings is 1. The van der Waals surface area contributed by atoms with Crippen LogP contribution in [0.5, 0.6) is 0 Å². The molecule has 0 radical (unpaired) electrons. The number of nitrogens with one attached hydrogen (secondary N) is 1. The highest BCUT2D eigenvalue weighted by Crippen LogP contribution is 2.24. The van der Waals surface area contributed by atoms with Gasteiger partial charge in [-0.1, -0.05) is 24.3 Å². The van der Waals surface area contributed by atoms with Crippen LogP contribution in [0.25, 0.3) is 0 Å². The van der Waals surface area contributed by atoms with Gasteiger partial charge in [0.2, 0.25) is 0 Å². The minimum absolute atomic E-state index is 0. The third-order valence-electron chi connectivity index (χ3n) is 5.56. The van der Waals surface area contributed by atoms with Crippen molar-refractivity contribution >= 4 is 39.8 Å². The number of sulfone groups is 1. The number of benzene rings is 1. The lowest BCUT2D eigenvalue weighted by atomic mass is 10.1. The van der Waals surface area contributed by atoms with Crippen molar-refractivity contribution in [1.82, 2.24) is 15.1 Å². The van der Waals surface area contributed by atoms with Crippen LogP contribution in [-0.4, -0.2) is 61.9 Å². The third-order valence-corrected chi connectivity index (χ3v) is 8.09. The van der Waals surface area contributed by atoms with Crippen LogP contribution in [0, 0.1) is 0 Å². The lowest BCUT2D eigenvalue weighted by Crippen LogP contribution is -2.57. The van der Waals surface area contributed by atoms with Crippen LogP contribution in [0.2, 0.25) is 0 Å². The van der Waals surface area contributed by atoms with Crippen molar-refractivity contribution in [2.24, 2.45) is 4.99 Å². The summed E-state index contributed by atoms with van der Waals surface area (Å²) in [4.78, 5) is 8.64. The molecular weight excluding hydrogens is 527 g/mol. The average Bonchev–Trinajstić information content (AvgIpc) is 3.19. The summed E-state index contributed by atoms with van der Waals surface area (Å²) in [7, 11) is 0.727. The first-order chi connectivity index (χ1) is 14.2. The second-order valence-corrected chi connectivity index (χ2v) is 11.2. The lowest BCUT2D eigenvalue weighted by molar-refractivity contribution is 0.287. The quantitative estimate of drug-likeness (QED) is 0.333. The summed E-state index contributed by atoms with van der Waals surface area (Å²) in [6.07, 6.45) is 1.69. The van der Waals surface area contributed by atoms with Gasteiger partial charge < -0.3 is 14.6 Å². The molecule has 0 saturated carbocycles. The Balaban J connectivity index is 0.00000341. The molecule has 1 aliphatic heterocycles. The number of rotatable bonds is 6. The molecule has 1 fully saturated rings. The summed E-state index contributed by atoms with van der Waals surface area (Å²) in [5.41, 5.74) is 2.42. The van der Waals surface area contributed by atoms with Crippen LogP contribution in [-0.2, 0) is 29.5 Å². The molecule has 0 unspecified atom stereocenters. The van der Waals surface area contributed by atoms with E-state index in [1.807, 2.05) is 29.2 Å². The Hall–Kier alpha value is -1.59. The predicted molar refractivity (Wildman–Crippen MR) is 135 cm³/mol. The minimum Gasteiger partial charge on any atom is -0.468 e. The van der Waals surface area contributed by atoms with Crippen molar-refractivity contribution in [2.45, 2.75) is 38.2 Å². The maximum Gasteiger partial charge on any atom is 0.193 e. The van der Waals surface area contributed by atoms with Crippen molar-refractivity contribution in [1.29, 1.82) is 0 Å². The van der Waals surface area contributed by atoms with Gasteiger partial charge in [-0.3, -0.25) is 9.89 Å². The summed E-state index contributed by atoms with van der Waals surface area (Å²) in [5, 5.41) is 3.42. The maximum absolute atomic E-state index is 12.3. The SMILES string of the molecule is CN=C(NCc1ccccc1CN(C)Cc1ccco1)N1CCS(=O)(=O)C(C)(C)C1.I. The number of aliphatic imine (C=N–C) groups is 1. The Morgan fingerprint density at radius 2 is 1.90 bits per heavy atom. The van der Waals surface area contributed by atoms with Gasteiger partial charge in [0, 0.05) is 33.2 Å². The molecule has 7 nitrogen and oxygen atoms in total. The molecule has 2 heterocycles. The topological polar surface area (TPSA) is 78.2 Å². The summed E-state index contributed by atoms with van der Waals surface area (Å²) in [6.45, 7) is 6.63. The molecule has 31 heavy (non-hydrogen) atoms. The number of halogens is 1. The molecule has 2 aromatic rings. The van der Waals surface area contributed by atoms with Gasteiger partial charge in [0.1, 0.15) is 5.76 Å². The van der Waals surface area contributed by atoms with Gasteiger partial charge in [-0.2, -0.15) is 0 Å². The zero-order valence-corrected chi connectivity index (χ0v) is 21.8. The summed E-state index contributed by atoms with van der Waals surface area (Å²) in [5.74, 6) is 1.82. The molecule has 1 saturated heterocycles. The Labute approximate surface area is 202 Å². The Bertz CT molecular complexity index is 974. The van der Waals surface area contributed by atoms with Gasteiger partial charge in [-0.05, 0) is 44.2 Å². The molecular formula is C22H33IN4O3S. The van der Waals surface area contributed by atoms with Crippen LogP contribution in [0.3, 0.4) is 0 Å². The van der Waals surface area contributed by atoms with E-state index in [0.717, 1.165) is 24.8 Å². The van der Waals surface area contributed by atoms with Crippen LogP contribution < -0.4 is 5.32 Å². The van der Waals surface area contributed by atoms with E-state index in [1.165, 1.54) is 11.1 Å². The van der Waals surface area contributed by atoms with Crippen LogP contribution in [0.1, 0.15) is 30.7 Å². The second kappa shape index (κ2) is 10.8. The first-order valence-electron chi connectivity index (χ1n) is 10.2. The standard InChI is InChI=1S/C22H32N4O3S.HI/c1-22(2)17-26(11-13-30(22,27)28)21(23-3)24-14-18-8-5-6-9-19(18)15-25(4)16-20-10-7-12-29-20;/h5-10,12H,11,13-17H2,1-4H3,(H,23,24);1H. The number of guanidine groups is 1. The average molecular weight is 561 g/mol. The molecule has 1 aromatic carbocycles. The predicted octanol–water partition coefficient (Wildman–Crippen LogP) is 3.11. The molecule has 0 atom stereocenters. The molecule has 9 heteroatoms. The van der Waals surface area contributed by atoms with E-state index < -0.39 is 14.6 Å². The van der Waals surface area contributed by atoms with Gasteiger partial charge in [0.25, 0.3) is 0 Å². The van der Waals surface area contributed by atoms with Gasteiger partial charge in [-0.25, -0.2) is 8.42 Å². The number of nitrogens with zero attached hydrogens (tertiary/aromatic N) is 3. The van der Waals surface area contributed by atoms with Crippen LogP contribution in [0.15, 0.2) is 52.1 Å². The molecule has 0 spiro atoms. The van der Waals surface area contributed by atoms with Gasteiger partial charge in [-0.15, -0.1) is 24.0 Å². The van der Waals surface area contributed by atoms with Crippen molar-refractivity contribution in [3.63, 3.8) is 0 Å². The van der Waals surface area contributed by atoms with Crippen molar-refractivity contribution in [3.05, 3.63) is 59.5 Å². The molecule has 1 aromatic heterocycles. The Kier molecular flexibility index (Phi) is 8.96. The second-order valence-electron chi connectivity index (χ2n) is 8.42. The molecule has 1 aliphatic rings. The largest absolute Gasteiger partial charge is 0.468 e. The Morgan fingerprint density at radius 3 is 2.52 bits per heavy atom. The number of hydrogen-bond donors (Lipinski definition) is 1. The van der Waals surface area contributed by atoms with Crippen molar-refractivity contribution < 1.29 is 12.8 Å². The van der Waals surface area contributed by atoms with E-state index in [-0.39, 0.29) is 29.7 Å². The zero-order valence-electron chi connectivity index (χ0n) is 18.7. The first kappa shape index (κ1) is 25.7. The molecule has 172 valence electrons. The van der Waals surface area contributed by atoms with Gasteiger partial charge in [0.15, 0.2) is 15.8 Å². The van der Waals surface area contributed by atoms with Crippen molar-refractivity contribution in [3.8, 4) is 0 Å². The van der Waals surface area contributed by atoms with Crippen molar-refractivity contribution in [2.75, 3.05) is 32.9 Å². The fourth-order valence-electron chi connectivity index (χ4n) is 3.73. The maximum atomic E-state index is 12.3. The highest BCUT2D eigenvalue weighted by Gasteiger charge is 2.40. The van der Waals surface area contributed by atoms with Gasteiger partial charge in [0.05, 0.1) is 23.3 Å². The summed E-state index contributed by atoms with van der Waals surface area (Å²) in [6, 6.07) is 12.2. The molecule has 1 N–H and O–H groups in total. The number of hydrogen-bond acceptors (Lipinski definition) is 5. The lowest BCUT2D eigenvalue weighted by Gasteiger charge is -2.39. The van der Waals surface area contributed by atoms with E-state index in [4.69, 9.17) is 4.42 Å². The van der Waals surface area contributed by atoms with E-state index in [9.17, 15) is 8.42 Å². The molecule has 0 aliphatic carbocycles. The Morgan fingerprint density at radius 1 is 1.19 bits per heavy atom. The zero-order chi connectivity index (χ0) is 21.8. The fraction of sp³-hybridized carbons (Fsp3) is 0.500. The van der Waals surface area contributed by atoms with E-state index in [1.54, 1.807) is 27.2 Å². The summed E-state index contributed by atoms with van der Waals surface area (Å²) >= 11 is 0.